The van der Waals surface area contributed by atoms with E-state index in [2.05, 4.69) is 40.2 Å². The summed E-state index contributed by atoms with van der Waals surface area (Å²) in [5.41, 5.74) is 2.98. The molecule has 1 atom stereocenters. The van der Waals surface area contributed by atoms with Crippen molar-refractivity contribution in [2.24, 2.45) is 0 Å². The second kappa shape index (κ2) is 5.39. The minimum absolute atomic E-state index is 0.628. The van der Waals surface area contributed by atoms with Crippen molar-refractivity contribution in [3.8, 4) is 0 Å². The van der Waals surface area contributed by atoms with Gasteiger partial charge in [-0.2, -0.15) is 0 Å². The van der Waals surface area contributed by atoms with E-state index in [1.165, 1.54) is 0 Å². The van der Waals surface area contributed by atoms with Gasteiger partial charge in [-0.15, -0.1) is 0 Å². The molecule has 0 fully saturated rings. The maximum atomic E-state index is 10.8. The number of rotatable bonds is 2. The molecule has 1 N–H and O–H groups in total. The van der Waals surface area contributed by atoms with Gasteiger partial charge < -0.3 is 5.11 Å². The Hall–Kier alpha value is -1.64. The van der Waals surface area contributed by atoms with Crippen LogP contribution in [0.2, 0.25) is 0 Å². The largest absolute Gasteiger partial charge is 0.384 e. The molecule has 0 heterocycles. The van der Waals surface area contributed by atoms with Gasteiger partial charge in [-0.1, -0.05) is 70.5 Å². The maximum absolute atomic E-state index is 10.8. The lowest BCUT2D eigenvalue weighted by Crippen LogP contribution is -2.04. The van der Waals surface area contributed by atoms with Gasteiger partial charge in [0.05, 0.1) is 0 Å². The highest BCUT2D eigenvalue weighted by Gasteiger charge is 2.17. The summed E-state index contributed by atoms with van der Waals surface area (Å²) in [5, 5.41) is 13.1. The number of aliphatic hydroxyl groups is 1. The molecular weight excluding hydrogens is 312 g/mol. The third-order valence-corrected chi connectivity index (χ3v) is 4.38. The van der Waals surface area contributed by atoms with Crippen LogP contribution in [-0.4, -0.2) is 5.11 Å². The van der Waals surface area contributed by atoms with Crippen LogP contribution in [0, 0.1) is 6.92 Å². The number of hydrogen-bond acceptors (Lipinski definition) is 1. The van der Waals surface area contributed by atoms with Gasteiger partial charge in [0.25, 0.3) is 0 Å². The van der Waals surface area contributed by atoms with Crippen LogP contribution < -0.4 is 0 Å². The zero-order chi connectivity index (χ0) is 14.1. The summed E-state index contributed by atoms with van der Waals surface area (Å²) < 4.78 is 0.930. The monoisotopic (exact) mass is 326 g/mol. The van der Waals surface area contributed by atoms with Crippen LogP contribution >= 0.6 is 15.9 Å². The first-order valence-electron chi connectivity index (χ1n) is 6.59. The molecule has 3 rings (SSSR count). The summed E-state index contributed by atoms with van der Waals surface area (Å²) >= 11 is 3.52. The Kier molecular flexibility index (Phi) is 3.60. The zero-order valence-corrected chi connectivity index (χ0v) is 12.8. The molecule has 0 aromatic heterocycles. The van der Waals surface area contributed by atoms with E-state index in [0.29, 0.717) is 0 Å². The molecule has 0 radical (unpaired) electrons. The molecule has 0 saturated heterocycles. The van der Waals surface area contributed by atoms with Crippen LogP contribution in [0.1, 0.15) is 22.8 Å². The quantitative estimate of drug-likeness (QED) is 0.703. The molecule has 0 amide bonds. The smallest absolute Gasteiger partial charge is 0.106 e. The second-order valence-electron chi connectivity index (χ2n) is 4.94. The molecule has 0 spiro atoms. The van der Waals surface area contributed by atoms with Crippen LogP contribution in [0.4, 0.5) is 0 Å². The Morgan fingerprint density at radius 3 is 2.40 bits per heavy atom. The molecule has 1 nitrogen and oxygen atoms in total. The van der Waals surface area contributed by atoms with E-state index in [1.807, 2.05) is 43.3 Å². The fourth-order valence-electron chi connectivity index (χ4n) is 2.62. The highest BCUT2D eigenvalue weighted by Crippen LogP contribution is 2.34. The molecule has 20 heavy (non-hydrogen) atoms. The van der Waals surface area contributed by atoms with Crippen molar-refractivity contribution in [2.75, 3.05) is 0 Å². The van der Waals surface area contributed by atoms with Gasteiger partial charge in [-0.25, -0.2) is 0 Å². The first-order valence-corrected chi connectivity index (χ1v) is 7.38. The number of fused-ring (bicyclic) bond motifs is 1. The second-order valence-corrected chi connectivity index (χ2v) is 5.80. The number of aryl methyl sites for hydroxylation is 1. The number of aliphatic hydroxyl groups excluding tert-OH is 1. The zero-order valence-electron chi connectivity index (χ0n) is 11.2. The summed E-state index contributed by atoms with van der Waals surface area (Å²) in [6.45, 7) is 2.04. The summed E-state index contributed by atoms with van der Waals surface area (Å²) in [6, 6.07) is 20.2. The van der Waals surface area contributed by atoms with Gasteiger partial charge in [0.1, 0.15) is 6.10 Å². The molecule has 3 aromatic carbocycles. The third-order valence-electron chi connectivity index (χ3n) is 3.66. The van der Waals surface area contributed by atoms with Crippen LogP contribution in [0.15, 0.2) is 65.1 Å². The highest BCUT2D eigenvalue weighted by molar-refractivity contribution is 9.10. The molecule has 0 saturated carbocycles. The molecule has 1 unspecified atom stereocenters. The Morgan fingerprint density at radius 1 is 0.900 bits per heavy atom. The van der Waals surface area contributed by atoms with E-state index in [0.717, 1.165) is 31.9 Å². The van der Waals surface area contributed by atoms with E-state index in [-0.39, 0.29) is 0 Å². The average Bonchev–Trinajstić information content (AvgIpc) is 2.47. The minimum atomic E-state index is -0.628. The van der Waals surface area contributed by atoms with E-state index >= 15 is 0 Å². The Morgan fingerprint density at radius 2 is 1.60 bits per heavy atom. The van der Waals surface area contributed by atoms with Gasteiger partial charge in [0.2, 0.25) is 0 Å². The van der Waals surface area contributed by atoms with E-state index < -0.39 is 6.10 Å². The van der Waals surface area contributed by atoms with E-state index in [9.17, 15) is 5.11 Å². The van der Waals surface area contributed by atoms with Gasteiger partial charge in [-0.05, 0) is 40.5 Å². The van der Waals surface area contributed by atoms with Gasteiger partial charge in [-0.3, -0.25) is 0 Å². The van der Waals surface area contributed by atoms with Crippen LogP contribution in [-0.2, 0) is 0 Å². The Bertz CT molecular complexity index is 764. The lowest BCUT2D eigenvalue weighted by Gasteiger charge is -2.18. The predicted molar refractivity (Wildman–Crippen MR) is 86.9 cm³/mol. The number of halogens is 1. The van der Waals surface area contributed by atoms with Crippen LogP contribution in [0.25, 0.3) is 10.8 Å². The highest BCUT2D eigenvalue weighted by atomic mass is 79.9. The van der Waals surface area contributed by atoms with Gasteiger partial charge in [0.15, 0.2) is 0 Å². The van der Waals surface area contributed by atoms with Crippen molar-refractivity contribution in [1.82, 2.24) is 0 Å². The fraction of sp³-hybridized carbons (Fsp3) is 0.111. The van der Waals surface area contributed by atoms with Crippen molar-refractivity contribution >= 4 is 26.7 Å². The van der Waals surface area contributed by atoms with Crippen molar-refractivity contribution in [3.63, 3.8) is 0 Å². The SMILES string of the molecule is Cc1ccc2ccccc2c1C(O)c1ccccc1Br. The maximum Gasteiger partial charge on any atom is 0.106 e. The Balaban J connectivity index is 2.24. The van der Waals surface area contributed by atoms with Crippen molar-refractivity contribution in [3.05, 3.63) is 81.8 Å². The van der Waals surface area contributed by atoms with Crippen molar-refractivity contribution < 1.29 is 5.11 Å². The Labute approximate surface area is 127 Å². The molecule has 0 aliphatic heterocycles. The van der Waals surface area contributed by atoms with Gasteiger partial charge >= 0.3 is 0 Å². The lowest BCUT2D eigenvalue weighted by atomic mass is 9.92. The fourth-order valence-corrected chi connectivity index (χ4v) is 3.12. The standard InChI is InChI=1S/C18H15BrO/c1-12-10-11-13-6-2-3-7-14(13)17(12)18(20)15-8-4-5-9-16(15)19/h2-11,18,20H,1H3. The van der Waals surface area contributed by atoms with E-state index in [4.69, 9.17) is 0 Å². The molecule has 3 aromatic rings. The molecule has 100 valence electrons. The molecule has 0 aliphatic carbocycles. The molecule has 0 bridgehead atoms. The summed E-state index contributed by atoms with van der Waals surface area (Å²) in [6.07, 6.45) is -0.628. The third kappa shape index (κ3) is 2.26. The van der Waals surface area contributed by atoms with E-state index in [1.54, 1.807) is 0 Å². The van der Waals surface area contributed by atoms with Crippen LogP contribution in [0.5, 0.6) is 0 Å². The van der Waals surface area contributed by atoms with Crippen molar-refractivity contribution in [2.45, 2.75) is 13.0 Å². The minimum Gasteiger partial charge on any atom is -0.384 e. The molecule has 0 aliphatic rings. The van der Waals surface area contributed by atoms with Crippen molar-refractivity contribution in [1.29, 1.82) is 0 Å². The topological polar surface area (TPSA) is 20.2 Å². The lowest BCUT2D eigenvalue weighted by molar-refractivity contribution is 0.220. The van der Waals surface area contributed by atoms with Gasteiger partial charge in [0, 0.05) is 4.47 Å². The molecule has 2 heteroatoms. The summed E-state index contributed by atoms with van der Waals surface area (Å²) in [7, 11) is 0. The summed E-state index contributed by atoms with van der Waals surface area (Å²) in [5.74, 6) is 0. The predicted octanol–water partition coefficient (Wildman–Crippen LogP) is 4.99. The number of benzene rings is 3. The average molecular weight is 327 g/mol. The molecular formula is C18H15BrO. The normalized spacial score (nSPS) is 12.6. The summed E-state index contributed by atoms with van der Waals surface area (Å²) in [4.78, 5) is 0. The number of hydrogen-bond donors (Lipinski definition) is 1. The first-order chi connectivity index (χ1) is 9.68. The first kappa shape index (κ1) is 13.3. The van der Waals surface area contributed by atoms with Crippen LogP contribution in [0.3, 0.4) is 0 Å².